The Balaban J connectivity index is 1.62. The quantitative estimate of drug-likeness (QED) is 0.436. The molecule has 0 spiro atoms. The van der Waals surface area contributed by atoms with Crippen molar-refractivity contribution in [3.63, 3.8) is 0 Å². The Morgan fingerprint density at radius 2 is 1.73 bits per heavy atom. The lowest BCUT2D eigenvalue weighted by Crippen LogP contribution is -2.51. The summed E-state index contributed by atoms with van der Waals surface area (Å²) in [7, 11) is -3.89. The standard InChI is InChI=1S/C20H18ClN3O4S2/c21-16-6-2-1-5-15(16)19(22-30(26,27)18-8-4-14-29-18)23-9-11-24(12-10-23)20(25)17-7-3-13-28-17/h1-8,13-14H,9-12H2/b22-19-. The van der Waals surface area contributed by atoms with E-state index < -0.39 is 10.0 Å². The van der Waals surface area contributed by atoms with E-state index in [2.05, 4.69) is 4.40 Å². The number of sulfonamides is 1. The Hall–Kier alpha value is -2.62. The Kier molecular flexibility index (Phi) is 5.94. The molecule has 0 radical (unpaired) electrons. The average molecular weight is 464 g/mol. The molecule has 0 bridgehead atoms. The van der Waals surface area contributed by atoms with Crippen molar-refractivity contribution in [2.75, 3.05) is 26.2 Å². The predicted molar refractivity (Wildman–Crippen MR) is 116 cm³/mol. The van der Waals surface area contributed by atoms with Crippen LogP contribution >= 0.6 is 22.9 Å². The van der Waals surface area contributed by atoms with Crippen molar-refractivity contribution in [3.05, 3.63) is 76.5 Å². The van der Waals surface area contributed by atoms with Crippen molar-refractivity contribution < 1.29 is 17.6 Å². The lowest BCUT2D eigenvalue weighted by molar-refractivity contribution is 0.0660. The first-order valence-corrected chi connectivity index (χ1v) is 11.9. The second-order valence-corrected chi connectivity index (χ2v) is 9.74. The van der Waals surface area contributed by atoms with Gasteiger partial charge in [0.15, 0.2) is 11.6 Å². The third-order valence-electron chi connectivity index (χ3n) is 4.67. The van der Waals surface area contributed by atoms with Gasteiger partial charge >= 0.3 is 0 Å². The summed E-state index contributed by atoms with van der Waals surface area (Å²) in [4.78, 5) is 16.0. The van der Waals surface area contributed by atoms with Crippen LogP contribution in [0.3, 0.4) is 0 Å². The number of furan rings is 1. The van der Waals surface area contributed by atoms with Gasteiger partial charge in [-0.15, -0.1) is 15.7 Å². The average Bonchev–Trinajstić information content (AvgIpc) is 3.47. The van der Waals surface area contributed by atoms with E-state index in [1.54, 1.807) is 52.7 Å². The van der Waals surface area contributed by atoms with Gasteiger partial charge in [-0.2, -0.15) is 8.42 Å². The second-order valence-electron chi connectivity index (χ2n) is 6.56. The number of rotatable bonds is 4. The van der Waals surface area contributed by atoms with E-state index in [9.17, 15) is 13.2 Å². The van der Waals surface area contributed by atoms with Crippen molar-refractivity contribution in [1.29, 1.82) is 0 Å². The highest BCUT2D eigenvalue weighted by molar-refractivity contribution is 7.92. The maximum atomic E-state index is 12.8. The number of piperazine rings is 1. The Bertz CT molecular complexity index is 1150. The van der Waals surface area contributed by atoms with Crippen molar-refractivity contribution >= 4 is 44.7 Å². The van der Waals surface area contributed by atoms with Gasteiger partial charge in [0.25, 0.3) is 15.9 Å². The van der Waals surface area contributed by atoms with Crippen molar-refractivity contribution in [2.24, 2.45) is 4.40 Å². The molecule has 3 aromatic rings. The normalized spacial score (nSPS) is 15.4. The van der Waals surface area contributed by atoms with Gasteiger partial charge in [-0.1, -0.05) is 29.8 Å². The monoisotopic (exact) mass is 463 g/mol. The maximum Gasteiger partial charge on any atom is 0.293 e. The summed E-state index contributed by atoms with van der Waals surface area (Å²) in [5.74, 6) is 0.366. The lowest BCUT2D eigenvalue weighted by Gasteiger charge is -2.36. The van der Waals surface area contributed by atoms with E-state index >= 15 is 0 Å². The van der Waals surface area contributed by atoms with E-state index in [-0.39, 0.29) is 21.7 Å². The number of benzene rings is 1. The number of amidine groups is 1. The Morgan fingerprint density at radius 3 is 2.37 bits per heavy atom. The summed E-state index contributed by atoms with van der Waals surface area (Å²) in [6.07, 6.45) is 1.46. The van der Waals surface area contributed by atoms with Crippen LogP contribution in [0.5, 0.6) is 0 Å². The molecule has 0 unspecified atom stereocenters. The van der Waals surface area contributed by atoms with Gasteiger partial charge in [-0.05, 0) is 35.7 Å². The smallest absolute Gasteiger partial charge is 0.293 e. The van der Waals surface area contributed by atoms with Gasteiger partial charge in [-0.25, -0.2) is 0 Å². The van der Waals surface area contributed by atoms with Gasteiger partial charge in [0.05, 0.1) is 11.3 Å². The van der Waals surface area contributed by atoms with E-state index in [1.165, 1.54) is 12.3 Å². The van der Waals surface area contributed by atoms with Crippen LogP contribution in [-0.4, -0.2) is 56.1 Å². The van der Waals surface area contributed by atoms with Gasteiger partial charge in [0.1, 0.15) is 4.21 Å². The highest BCUT2D eigenvalue weighted by Crippen LogP contribution is 2.24. The van der Waals surface area contributed by atoms with Gasteiger partial charge in [-0.3, -0.25) is 4.79 Å². The largest absolute Gasteiger partial charge is 0.459 e. The SMILES string of the molecule is O=C(c1ccco1)N1CCN(/C(=N\S(=O)(=O)c2cccs2)c2ccccc2Cl)CC1. The highest BCUT2D eigenvalue weighted by Gasteiger charge is 2.28. The molecule has 1 saturated heterocycles. The summed E-state index contributed by atoms with van der Waals surface area (Å²) in [6, 6.07) is 13.5. The summed E-state index contributed by atoms with van der Waals surface area (Å²) in [5, 5.41) is 2.10. The molecular weight excluding hydrogens is 446 g/mol. The summed E-state index contributed by atoms with van der Waals surface area (Å²) in [5.41, 5.74) is 0.533. The number of hydrogen-bond donors (Lipinski definition) is 0. The van der Waals surface area contributed by atoms with E-state index in [0.29, 0.717) is 36.8 Å². The molecular formula is C20H18ClN3O4S2. The molecule has 0 atom stereocenters. The van der Waals surface area contributed by atoms with Crippen LogP contribution in [-0.2, 0) is 10.0 Å². The zero-order chi connectivity index (χ0) is 21.1. The first kappa shape index (κ1) is 20.6. The summed E-state index contributed by atoms with van der Waals surface area (Å²) < 4.78 is 35.2. The molecule has 0 saturated carbocycles. The number of halogens is 1. The first-order valence-electron chi connectivity index (χ1n) is 9.17. The molecule has 1 aromatic carbocycles. The lowest BCUT2D eigenvalue weighted by atomic mass is 10.1. The number of thiophene rings is 1. The van der Waals surface area contributed by atoms with Crippen LogP contribution in [0.1, 0.15) is 16.1 Å². The zero-order valence-electron chi connectivity index (χ0n) is 15.8. The molecule has 7 nitrogen and oxygen atoms in total. The molecule has 1 fully saturated rings. The third-order valence-corrected chi connectivity index (χ3v) is 7.64. The molecule has 4 rings (SSSR count). The number of carbonyl (C=O) groups is 1. The van der Waals surface area contributed by atoms with Crippen LogP contribution in [0.25, 0.3) is 0 Å². The molecule has 1 amide bonds. The van der Waals surface area contributed by atoms with Crippen molar-refractivity contribution in [1.82, 2.24) is 9.80 Å². The van der Waals surface area contributed by atoms with Crippen LogP contribution in [0.2, 0.25) is 5.02 Å². The second kappa shape index (κ2) is 8.63. The number of amides is 1. The van der Waals surface area contributed by atoms with Crippen LogP contribution < -0.4 is 0 Å². The van der Waals surface area contributed by atoms with Crippen LogP contribution in [0, 0.1) is 0 Å². The van der Waals surface area contributed by atoms with E-state index in [1.807, 2.05) is 4.90 Å². The predicted octanol–water partition coefficient (Wildman–Crippen LogP) is 3.59. The number of nitrogens with zero attached hydrogens (tertiary/aromatic N) is 3. The highest BCUT2D eigenvalue weighted by atomic mass is 35.5. The zero-order valence-corrected chi connectivity index (χ0v) is 18.2. The third kappa shape index (κ3) is 4.28. The summed E-state index contributed by atoms with van der Waals surface area (Å²) >= 11 is 7.47. The first-order chi connectivity index (χ1) is 14.5. The maximum absolute atomic E-state index is 12.8. The van der Waals surface area contributed by atoms with Crippen LogP contribution in [0.4, 0.5) is 0 Å². The Morgan fingerprint density at radius 1 is 1.00 bits per heavy atom. The molecule has 2 aromatic heterocycles. The molecule has 30 heavy (non-hydrogen) atoms. The van der Waals surface area contributed by atoms with Gasteiger partial charge in [0.2, 0.25) is 0 Å². The fourth-order valence-electron chi connectivity index (χ4n) is 3.17. The fraction of sp³-hybridized carbons (Fsp3) is 0.200. The molecule has 1 aliphatic rings. The number of carbonyl (C=O) groups excluding carboxylic acids is 1. The van der Waals surface area contributed by atoms with Gasteiger partial charge < -0.3 is 14.2 Å². The minimum Gasteiger partial charge on any atom is -0.459 e. The molecule has 0 N–H and O–H groups in total. The Labute approximate surface area is 183 Å². The molecule has 10 heteroatoms. The molecule has 0 aliphatic carbocycles. The van der Waals surface area contributed by atoms with E-state index in [4.69, 9.17) is 16.0 Å². The van der Waals surface area contributed by atoms with Crippen molar-refractivity contribution in [3.8, 4) is 0 Å². The fourth-order valence-corrected chi connectivity index (χ4v) is 5.38. The van der Waals surface area contributed by atoms with Gasteiger partial charge in [0, 0.05) is 31.7 Å². The molecule has 156 valence electrons. The number of hydrogen-bond acceptors (Lipinski definition) is 5. The van der Waals surface area contributed by atoms with Crippen LogP contribution in [0.15, 0.2) is 73.2 Å². The minimum atomic E-state index is -3.89. The van der Waals surface area contributed by atoms with E-state index in [0.717, 1.165) is 11.3 Å². The topological polar surface area (TPSA) is 83.2 Å². The minimum absolute atomic E-state index is 0.165. The molecule has 1 aliphatic heterocycles. The van der Waals surface area contributed by atoms with Crippen molar-refractivity contribution in [2.45, 2.75) is 4.21 Å². The summed E-state index contributed by atoms with van der Waals surface area (Å²) in [6.45, 7) is 1.64. The molecule has 3 heterocycles.